The molecule has 0 bridgehead atoms. The molecule has 1 aliphatic heterocycles. The lowest BCUT2D eigenvalue weighted by molar-refractivity contribution is -0.118. The molecule has 0 aromatic heterocycles. The number of urea groups is 1. The first-order valence-corrected chi connectivity index (χ1v) is 7.74. The topological polar surface area (TPSA) is 88.7 Å². The van der Waals surface area contributed by atoms with Crippen molar-refractivity contribution in [3.05, 3.63) is 23.8 Å². The zero-order valence-electron chi connectivity index (χ0n) is 13.5. The highest BCUT2D eigenvalue weighted by molar-refractivity contribution is 5.74. The van der Waals surface area contributed by atoms with Crippen LogP contribution in [0.2, 0.25) is 0 Å². The molecule has 0 radical (unpaired) electrons. The van der Waals surface area contributed by atoms with Crippen molar-refractivity contribution in [1.29, 1.82) is 0 Å². The van der Waals surface area contributed by atoms with Crippen LogP contribution in [0.3, 0.4) is 0 Å². The van der Waals surface area contributed by atoms with Gasteiger partial charge < -0.3 is 25.4 Å². The van der Waals surface area contributed by atoms with Gasteiger partial charge in [-0.2, -0.15) is 0 Å². The predicted molar refractivity (Wildman–Crippen MR) is 85.7 cm³/mol. The van der Waals surface area contributed by atoms with E-state index < -0.39 is 0 Å². The molecule has 126 valence electrons. The van der Waals surface area contributed by atoms with Crippen LogP contribution < -0.4 is 25.4 Å². The molecule has 1 heterocycles. The van der Waals surface area contributed by atoms with E-state index in [1.54, 1.807) is 0 Å². The third kappa shape index (κ3) is 5.36. The Morgan fingerprint density at radius 1 is 1.13 bits per heavy atom. The molecule has 0 spiro atoms. The third-order valence-corrected chi connectivity index (χ3v) is 3.43. The Morgan fingerprint density at radius 2 is 1.83 bits per heavy atom. The van der Waals surface area contributed by atoms with E-state index in [1.807, 2.05) is 25.1 Å². The van der Waals surface area contributed by atoms with Crippen LogP contribution in [-0.4, -0.2) is 38.2 Å². The number of hydrogen-bond donors (Lipinski definition) is 3. The van der Waals surface area contributed by atoms with Crippen LogP contribution in [0.1, 0.15) is 31.9 Å². The van der Waals surface area contributed by atoms with Gasteiger partial charge in [-0.25, -0.2) is 4.79 Å². The molecule has 0 saturated heterocycles. The lowest BCUT2D eigenvalue weighted by atomic mass is 10.1. The van der Waals surface area contributed by atoms with Crippen LogP contribution in [0.5, 0.6) is 11.5 Å². The molecule has 2 rings (SSSR count). The van der Waals surface area contributed by atoms with Crippen LogP contribution in [0.15, 0.2) is 18.2 Å². The summed E-state index contributed by atoms with van der Waals surface area (Å²) in [7, 11) is 0. The standard InChI is InChI=1S/C16H23N3O4/c1-11(19-16(21)18-7-3-6-17-12(2)20)13-4-5-14-15(10-13)23-9-8-22-14/h4-5,10-11H,3,6-9H2,1-2H3,(H,17,20)(H2,18,19,21)/t11-/m0/s1. The van der Waals surface area contributed by atoms with E-state index in [0.717, 1.165) is 11.3 Å². The minimum Gasteiger partial charge on any atom is -0.486 e. The quantitative estimate of drug-likeness (QED) is 0.690. The average Bonchev–Trinajstić information content (AvgIpc) is 2.53. The first-order valence-electron chi connectivity index (χ1n) is 7.74. The highest BCUT2D eigenvalue weighted by atomic mass is 16.6. The molecule has 7 heteroatoms. The smallest absolute Gasteiger partial charge is 0.315 e. The van der Waals surface area contributed by atoms with Gasteiger partial charge in [-0.15, -0.1) is 0 Å². The third-order valence-electron chi connectivity index (χ3n) is 3.43. The largest absolute Gasteiger partial charge is 0.486 e. The van der Waals surface area contributed by atoms with Gasteiger partial charge in [0.25, 0.3) is 0 Å². The Kier molecular flexibility index (Phi) is 6.08. The number of carbonyl (C=O) groups excluding carboxylic acids is 2. The van der Waals surface area contributed by atoms with Crippen molar-refractivity contribution >= 4 is 11.9 Å². The minimum atomic E-state index is -0.241. The molecular weight excluding hydrogens is 298 g/mol. The second kappa shape index (κ2) is 8.26. The number of amides is 3. The summed E-state index contributed by atoms with van der Waals surface area (Å²) >= 11 is 0. The first kappa shape index (κ1) is 16.9. The fourth-order valence-electron chi connectivity index (χ4n) is 2.22. The van der Waals surface area contributed by atoms with Gasteiger partial charge in [-0.05, 0) is 31.0 Å². The van der Waals surface area contributed by atoms with Gasteiger partial charge in [-0.3, -0.25) is 4.79 Å². The van der Waals surface area contributed by atoms with Crippen molar-refractivity contribution in [2.45, 2.75) is 26.3 Å². The fraction of sp³-hybridized carbons (Fsp3) is 0.500. The summed E-state index contributed by atoms with van der Waals surface area (Å²) in [5.41, 5.74) is 0.947. The van der Waals surface area contributed by atoms with Crippen molar-refractivity contribution in [2.75, 3.05) is 26.3 Å². The molecule has 7 nitrogen and oxygen atoms in total. The van der Waals surface area contributed by atoms with Crippen molar-refractivity contribution in [3.8, 4) is 11.5 Å². The molecule has 0 unspecified atom stereocenters. The van der Waals surface area contributed by atoms with Crippen LogP contribution in [-0.2, 0) is 4.79 Å². The van der Waals surface area contributed by atoms with Crippen LogP contribution in [0, 0.1) is 0 Å². The normalized spacial score (nSPS) is 13.8. The van der Waals surface area contributed by atoms with E-state index >= 15 is 0 Å². The molecule has 3 N–H and O–H groups in total. The van der Waals surface area contributed by atoms with Gasteiger partial charge in [0.05, 0.1) is 6.04 Å². The number of rotatable bonds is 6. The monoisotopic (exact) mass is 321 g/mol. The van der Waals surface area contributed by atoms with Gasteiger partial charge in [0, 0.05) is 20.0 Å². The van der Waals surface area contributed by atoms with Gasteiger partial charge in [0.2, 0.25) is 5.91 Å². The second-order valence-corrected chi connectivity index (χ2v) is 5.36. The van der Waals surface area contributed by atoms with Gasteiger partial charge >= 0.3 is 6.03 Å². The lowest BCUT2D eigenvalue weighted by Crippen LogP contribution is -2.38. The number of benzene rings is 1. The summed E-state index contributed by atoms with van der Waals surface area (Å²) in [6.07, 6.45) is 0.686. The van der Waals surface area contributed by atoms with Crippen LogP contribution >= 0.6 is 0 Å². The molecule has 1 aromatic carbocycles. The van der Waals surface area contributed by atoms with Crippen molar-refractivity contribution < 1.29 is 19.1 Å². The predicted octanol–water partition coefficient (Wildman–Crippen LogP) is 1.34. The molecule has 0 fully saturated rings. The Labute approximate surface area is 135 Å². The molecular formula is C16H23N3O4. The maximum absolute atomic E-state index is 11.8. The summed E-state index contributed by atoms with van der Waals surface area (Å²) in [6, 6.07) is 5.26. The molecule has 3 amide bonds. The molecule has 0 aliphatic carbocycles. The van der Waals surface area contributed by atoms with Crippen LogP contribution in [0.25, 0.3) is 0 Å². The van der Waals surface area contributed by atoms with E-state index in [9.17, 15) is 9.59 Å². The molecule has 1 aliphatic rings. The van der Waals surface area contributed by atoms with Crippen molar-refractivity contribution in [1.82, 2.24) is 16.0 Å². The Balaban J connectivity index is 1.76. The Morgan fingerprint density at radius 3 is 2.57 bits per heavy atom. The SMILES string of the molecule is CC(=O)NCCCNC(=O)N[C@@H](C)c1ccc2c(c1)OCCO2. The molecule has 1 atom stereocenters. The van der Waals surface area contributed by atoms with Crippen LogP contribution in [0.4, 0.5) is 4.79 Å². The summed E-state index contributed by atoms with van der Waals surface area (Å²) < 4.78 is 11.0. The number of ether oxygens (including phenoxy) is 2. The number of hydrogen-bond acceptors (Lipinski definition) is 4. The lowest BCUT2D eigenvalue weighted by Gasteiger charge is -2.21. The van der Waals surface area contributed by atoms with E-state index in [0.29, 0.717) is 38.5 Å². The highest BCUT2D eigenvalue weighted by Gasteiger charge is 2.15. The van der Waals surface area contributed by atoms with Gasteiger partial charge in [0.15, 0.2) is 11.5 Å². The summed E-state index contributed by atoms with van der Waals surface area (Å²) in [4.78, 5) is 22.6. The first-order chi connectivity index (χ1) is 11.1. The number of carbonyl (C=O) groups is 2. The highest BCUT2D eigenvalue weighted by Crippen LogP contribution is 2.32. The van der Waals surface area contributed by atoms with E-state index in [4.69, 9.17) is 9.47 Å². The maximum atomic E-state index is 11.8. The minimum absolute atomic E-state index is 0.0679. The number of fused-ring (bicyclic) bond motifs is 1. The molecule has 1 aromatic rings. The van der Waals surface area contributed by atoms with Crippen molar-refractivity contribution in [2.24, 2.45) is 0 Å². The van der Waals surface area contributed by atoms with Gasteiger partial charge in [0.1, 0.15) is 13.2 Å². The summed E-state index contributed by atoms with van der Waals surface area (Å²) in [5, 5.41) is 8.31. The van der Waals surface area contributed by atoms with E-state index in [-0.39, 0.29) is 18.0 Å². The zero-order chi connectivity index (χ0) is 16.7. The molecule has 0 saturated carbocycles. The summed E-state index contributed by atoms with van der Waals surface area (Å²) in [6.45, 7) is 5.51. The Hall–Kier alpha value is -2.44. The van der Waals surface area contributed by atoms with E-state index in [2.05, 4.69) is 16.0 Å². The van der Waals surface area contributed by atoms with Gasteiger partial charge in [-0.1, -0.05) is 6.07 Å². The zero-order valence-corrected chi connectivity index (χ0v) is 13.5. The fourth-order valence-corrected chi connectivity index (χ4v) is 2.22. The van der Waals surface area contributed by atoms with E-state index in [1.165, 1.54) is 6.92 Å². The molecule has 23 heavy (non-hydrogen) atoms. The second-order valence-electron chi connectivity index (χ2n) is 5.36. The average molecular weight is 321 g/mol. The Bertz CT molecular complexity index is 562. The van der Waals surface area contributed by atoms with Crippen molar-refractivity contribution in [3.63, 3.8) is 0 Å². The number of nitrogens with one attached hydrogen (secondary N) is 3. The summed E-state index contributed by atoms with van der Waals surface area (Å²) in [5.74, 6) is 1.37. The maximum Gasteiger partial charge on any atom is 0.315 e.